The van der Waals surface area contributed by atoms with Gasteiger partial charge in [-0.15, -0.1) is 0 Å². The van der Waals surface area contributed by atoms with Crippen molar-refractivity contribution < 1.29 is 4.79 Å². The van der Waals surface area contributed by atoms with Crippen LogP contribution in [0.1, 0.15) is 27.0 Å². The van der Waals surface area contributed by atoms with Crippen molar-refractivity contribution in [3.63, 3.8) is 0 Å². The van der Waals surface area contributed by atoms with E-state index < -0.39 is 0 Å². The molecule has 0 radical (unpaired) electrons. The van der Waals surface area contributed by atoms with Crippen molar-refractivity contribution in [1.29, 1.82) is 0 Å². The van der Waals surface area contributed by atoms with Crippen LogP contribution in [-0.4, -0.2) is 19.0 Å². The molecule has 2 aromatic carbocycles. The molecule has 0 unspecified atom stereocenters. The van der Waals surface area contributed by atoms with Crippen LogP contribution in [0.4, 0.5) is 0 Å². The quantitative estimate of drug-likeness (QED) is 0.800. The number of hydrogen-bond acceptors (Lipinski definition) is 2. The first-order valence-corrected chi connectivity index (χ1v) is 7.26. The van der Waals surface area contributed by atoms with E-state index in [1.807, 2.05) is 31.2 Å². The minimum absolute atomic E-state index is 0.0210. The molecule has 21 heavy (non-hydrogen) atoms. The normalized spacial score (nSPS) is 10.4. The first-order valence-electron chi connectivity index (χ1n) is 7.26. The molecule has 110 valence electrons. The van der Waals surface area contributed by atoms with E-state index in [2.05, 4.69) is 41.8 Å². The second-order valence-electron chi connectivity index (χ2n) is 5.29. The average Bonchev–Trinajstić information content (AvgIpc) is 2.47. The molecule has 0 bridgehead atoms. The molecule has 2 aromatic rings. The molecule has 0 atom stereocenters. The summed E-state index contributed by atoms with van der Waals surface area (Å²) in [6.45, 7) is 6.30. The summed E-state index contributed by atoms with van der Waals surface area (Å²) in [5, 5.41) is 6.24. The monoisotopic (exact) mass is 282 g/mol. The van der Waals surface area contributed by atoms with Crippen molar-refractivity contribution in [3.8, 4) is 0 Å². The van der Waals surface area contributed by atoms with Crippen molar-refractivity contribution in [2.24, 2.45) is 0 Å². The van der Waals surface area contributed by atoms with Crippen LogP contribution in [0.25, 0.3) is 0 Å². The summed E-state index contributed by atoms with van der Waals surface area (Å²) >= 11 is 0. The highest BCUT2D eigenvalue weighted by molar-refractivity contribution is 5.94. The molecule has 3 heteroatoms. The summed E-state index contributed by atoms with van der Waals surface area (Å²) in [5.41, 5.74) is 4.40. The fraction of sp³-hybridized carbons (Fsp3) is 0.278. The molecule has 0 aliphatic carbocycles. The van der Waals surface area contributed by atoms with E-state index >= 15 is 0 Å². The molecule has 0 heterocycles. The number of nitrogens with one attached hydrogen (secondary N) is 2. The van der Waals surface area contributed by atoms with Gasteiger partial charge in [-0.25, -0.2) is 0 Å². The van der Waals surface area contributed by atoms with Gasteiger partial charge in [-0.3, -0.25) is 4.79 Å². The molecular weight excluding hydrogens is 260 g/mol. The second kappa shape index (κ2) is 7.60. The first-order chi connectivity index (χ1) is 10.1. The minimum atomic E-state index is -0.0210. The third-order valence-corrected chi connectivity index (χ3v) is 3.31. The van der Waals surface area contributed by atoms with Gasteiger partial charge in [0, 0.05) is 25.2 Å². The molecule has 0 aliphatic heterocycles. The highest BCUT2D eigenvalue weighted by Crippen LogP contribution is 2.03. The molecule has 3 nitrogen and oxygen atoms in total. The first kappa shape index (κ1) is 15.3. The van der Waals surface area contributed by atoms with Crippen LogP contribution in [0.2, 0.25) is 0 Å². The number of carbonyl (C=O) groups excluding carboxylic acids is 1. The van der Waals surface area contributed by atoms with Gasteiger partial charge in [0.05, 0.1) is 0 Å². The third kappa shape index (κ3) is 5.04. The zero-order chi connectivity index (χ0) is 15.1. The maximum Gasteiger partial charge on any atom is 0.251 e. The van der Waals surface area contributed by atoms with E-state index in [1.54, 1.807) is 0 Å². The van der Waals surface area contributed by atoms with Gasteiger partial charge in [0.1, 0.15) is 0 Å². The number of amides is 1. The van der Waals surface area contributed by atoms with E-state index in [1.165, 1.54) is 11.1 Å². The van der Waals surface area contributed by atoms with Gasteiger partial charge in [0.2, 0.25) is 0 Å². The Morgan fingerprint density at radius 1 is 0.952 bits per heavy atom. The van der Waals surface area contributed by atoms with Gasteiger partial charge in [0.25, 0.3) is 5.91 Å². The van der Waals surface area contributed by atoms with Crippen LogP contribution >= 0.6 is 0 Å². The largest absolute Gasteiger partial charge is 0.351 e. The summed E-state index contributed by atoms with van der Waals surface area (Å²) in [5.74, 6) is -0.0210. The fourth-order valence-corrected chi connectivity index (χ4v) is 2.13. The van der Waals surface area contributed by atoms with Crippen LogP contribution in [0, 0.1) is 13.8 Å². The lowest BCUT2D eigenvalue weighted by molar-refractivity contribution is 0.0954. The zero-order valence-corrected chi connectivity index (χ0v) is 12.6. The average molecular weight is 282 g/mol. The Morgan fingerprint density at radius 3 is 2.43 bits per heavy atom. The Kier molecular flexibility index (Phi) is 5.52. The van der Waals surface area contributed by atoms with Gasteiger partial charge in [-0.2, -0.15) is 0 Å². The van der Waals surface area contributed by atoms with Gasteiger partial charge in [-0.1, -0.05) is 47.5 Å². The van der Waals surface area contributed by atoms with Gasteiger partial charge in [0.15, 0.2) is 0 Å². The van der Waals surface area contributed by atoms with Crippen molar-refractivity contribution in [2.45, 2.75) is 20.4 Å². The third-order valence-electron chi connectivity index (χ3n) is 3.31. The molecule has 0 aliphatic rings. The van der Waals surface area contributed by atoms with Crippen molar-refractivity contribution >= 4 is 5.91 Å². The summed E-state index contributed by atoms with van der Waals surface area (Å²) in [6.07, 6.45) is 0. The topological polar surface area (TPSA) is 41.1 Å². The van der Waals surface area contributed by atoms with Crippen molar-refractivity contribution in [3.05, 3.63) is 70.8 Å². The van der Waals surface area contributed by atoms with Crippen molar-refractivity contribution in [1.82, 2.24) is 10.6 Å². The number of carbonyl (C=O) groups is 1. The van der Waals surface area contributed by atoms with Gasteiger partial charge >= 0.3 is 0 Å². The number of benzene rings is 2. The lowest BCUT2D eigenvalue weighted by Gasteiger charge is -2.08. The van der Waals surface area contributed by atoms with Crippen LogP contribution in [-0.2, 0) is 6.54 Å². The predicted molar refractivity (Wildman–Crippen MR) is 86.4 cm³/mol. The maximum absolute atomic E-state index is 11.9. The minimum Gasteiger partial charge on any atom is -0.351 e. The van der Waals surface area contributed by atoms with Gasteiger partial charge < -0.3 is 10.6 Å². The molecule has 0 saturated heterocycles. The smallest absolute Gasteiger partial charge is 0.251 e. The zero-order valence-electron chi connectivity index (χ0n) is 12.6. The number of aryl methyl sites for hydroxylation is 2. The van der Waals surface area contributed by atoms with E-state index in [0.717, 1.165) is 18.7 Å². The predicted octanol–water partition coefficient (Wildman–Crippen LogP) is 2.82. The Bertz CT molecular complexity index is 590. The SMILES string of the molecule is Cc1ccc(C(=O)NCCNCc2cccc(C)c2)cc1. The molecule has 0 aromatic heterocycles. The number of hydrogen-bond donors (Lipinski definition) is 2. The summed E-state index contributed by atoms with van der Waals surface area (Å²) < 4.78 is 0. The lowest BCUT2D eigenvalue weighted by atomic mass is 10.1. The van der Waals surface area contributed by atoms with Crippen LogP contribution in [0.3, 0.4) is 0 Å². The Balaban J connectivity index is 1.68. The Morgan fingerprint density at radius 2 is 1.71 bits per heavy atom. The standard InChI is InChI=1S/C18H22N2O/c1-14-6-8-17(9-7-14)18(21)20-11-10-19-13-16-5-3-4-15(2)12-16/h3-9,12,19H,10-11,13H2,1-2H3,(H,20,21). The molecule has 2 rings (SSSR count). The fourth-order valence-electron chi connectivity index (χ4n) is 2.13. The maximum atomic E-state index is 11.9. The molecule has 1 amide bonds. The van der Waals surface area contributed by atoms with Gasteiger partial charge in [-0.05, 0) is 31.5 Å². The molecule has 0 fully saturated rings. The summed E-state index contributed by atoms with van der Waals surface area (Å²) in [4.78, 5) is 11.9. The van der Waals surface area contributed by atoms with E-state index in [4.69, 9.17) is 0 Å². The Labute approximate surface area is 126 Å². The molecule has 2 N–H and O–H groups in total. The molecule has 0 spiro atoms. The lowest BCUT2D eigenvalue weighted by Crippen LogP contribution is -2.31. The molecule has 0 saturated carbocycles. The summed E-state index contributed by atoms with van der Waals surface area (Å²) in [6, 6.07) is 16.0. The Hall–Kier alpha value is -2.13. The van der Waals surface area contributed by atoms with Crippen LogP contribution in [0.5, 0.6) is 0 Å². The van der Waals surface area contributed by atoms with Crippen molar-refractivity contribution in [2.75, 3.05) is 13.1 Å². The number of rotatable bonds is 6. The second-order valence-corrected chi connectivity index (χ2v) is 5.29. The summed E-state index contributed by atoms with van der Waals surface area (Å²) in [7, 11) is 0. The van der Waals surface area contributed by atoms with E-state index in [0.29, 0.717) is 12.1 Å². The van der Waals surface area contributed by atoms with E-state index in [9.17, 15) is 4.79 Å². The highest BCUT2D eigenvalue weighted by atomic mass is 16.1. The van der Waals surface area contributed by atoms with E-state index in [-0.39, 0.29) is 5.91 Å². The van der Waals surface area contributed by atoms with Crippen LogP contribution in [0.15, 0.2) is 48.5 Å². The molecular formula is C18H22N2O. The van der Waals surface area contributed by atoms with Crippen LogP contribution < -0.4 is 10.6 Å². The highest BCUT2D eigenvalue weighted by Gasteiger charge is 2.03.